The zero-order valence-corrected chi connectivity index (χ0v) is 18.7. The van der Waals surface area contributed by atoms with Gasteiger partial charge in [-0.3, -0.25) is 4.79 Å². The normalized spacial score (nSPS) is 17.8. The van der Waals surface area contributed by atoms with Gasteiger partial charge in [-0.2, -0.15) is 0 Å². The Hall–Kier alpha value is -2.51. The van der Waals surface area contributed by atoms with Gasteiger partial charge in [0.15, 0.2) is 5.82 Å². The number of likely N-dealkylation sites (tertiary alicyclic amines) is 1. The summed E-state index contributed by atoms with van der Waals surface area (Å²) in [6, 6.07) is 3.87. The molecular formula is C23H28ClN5O2. The average Bonchev–Trinajstić information content (AvgIpc) is 3.20. The van der Waals surface area contributed by atoms with Crippen LogP contribution in [0.1, 0.15) is 44.2 Å². The van der Waals surface area contributed by atoms with Gasteiger partial charge in [0.2, 0.25) is 5.91 Å². The Morgan fingerprint density at radius 3 is 3.13 bits per heavy atom. The molecule has 1 unspecified atom stereocenters. The first kappa shape index (κ1) is 21.7. The maximum Gasteiger partial charge on any atom is 0.224 e. The number of aromatic nitrogens is 4. The van der Waals surface area contributed by atoms with Gasteiger partial charge in [-0.25, -0.2) is 15.0 Å². The monoisotopic (exact) mass is 441 g/mol. The summed E-state index contributed by atoms with van der Waals surface area (Å²) in [5.41, 5.74) is 2.67. The van der Waals surface area contributed by atoms with Crippen LogP contribution in [0.5, 0.6) is 0 Å². The Labute approximate surface area is 187 Å². The lowest BCUT2D eigenvalue weighted by Gasteiger charge is -2.34. The molecule has 3 aromatic heterocycles. The van der Waals surface area contributed by atoms with Crippen LogP contribution >= 0.6 is 11.6 Å². The number of fused-ring (bicyclic) bond motifs is 1. The summed E-state index contributed by atoms with van der Waals surface area (Å²) in [5.74, 6) is 1.60. The lowest BCUT2D eigenvalue weighted by molar-refractivity contribution is -0.134. The third kappa shape index (κ3) is 5.05. The fraction of sp³-hybridized carbons (Fsp3) is 0.478. The summed E-state index contributed by atoms with van der Waals surface area (Å²) >= 11 is 6.14. The van der Waals surface area contributed by atoms with E-state index in [9.17, 15) is 4.79 Å². The number of carbonyl (C=O) groups excluding carboxylic acids is 1. The minimum Gasteiger partial charge on any atom is -0.384 e. The minimum absolute atomic E-state index is 0.190. The van der Waals surface area contributed by atoms with Gasteiger partial charge < -0.3 is 14.6 Å². The predicted octanol–water partition coefficient (Wildman–Crippen LogP) is 4.44. The molecule has 1 fully saturated rings. The molecule has 7 nitrogen and oxygen atoms in total. The Bertz CT molecular complexity index is 1050. The molecule has 8 heteroatoms. The highest BCUT2D eigenvalue weighted by Gasteiger charge is 2.25. The van der Waals surface area contributed by atoms with Crippen molar-refractivity contribution in [1.29, 1.82) is 0 Å². The maximum atomic E-state index is 12.4. The van der Waals surface area contributed by atoms with Crippen LogP contribution in [0.2, 0.25) is 5.02 Å². The molecule has 1 amide bonds. The van der Waals surface area contributed by atoms with Crippen molar-refractivity contribution in [3.8, 4) is 11.4 Å². The number of carbonyl (C=O) groups is 1. The van der Waals surface area contributed by atoms with Crippen LogP contribution in [0.3, 0.4) is 0 Å². The highest BCUT2D eigenvalue weighted by atomic mass is 35.5. The van der Waals surface area contributed by atoms with E-state index in [0.717, 1.165) is 54.6 Å². The highest BCUT2D eigenvalue weighted by Crippen LogP contribution is 2.31. The second-order valence-corrected chi connectivity index (χ2v) is 8.72. The summed E-state index contributed by atoms with van der Waals surface area (Å²) in [7, 11) is 1.63. The van der Waals surface area contributed by atoms with E-state index in [2.05, 4.69) is 21.9 Å². The number of amides is 1. The first-order chi connectivity index (χ1) is 15.0. The summed E-state index contributed by atoms with van der Waals surface area (Å²) in [5, 5.41) is 1.49. The van der Waals surface area contributed by atoms with Crippen LogP contribution in [-0.2, 0) is 9.53 Å². The van der Waals surface area contributed by atoms with Gasteiger partial charge in [0, 0.05) is 55.4 Å². The number of aromatic amines is 1. The van der Waals surface area contributed by atoms with Gasteiger partial charge in [-0.1, -0.05) is 18.5 Å². The molecule has 1 N–H and O–H groups in total. The number of nitrogens with zero attached hydrogens (tertiary/aromatic N) is 4. The van der Waals surface area contributed by atoms with E-state index in [4.69, 9.17) is 21.3 Å². The summed E-state index contributed by atoms with van der Waals surface area (Å²) in [4.78, 5) is 31.2. The Kier molecular flexibility index (Phi) is 6.83. The largest absolute Gasteiger partial charge is 0.384 e. The molecule has 0 spiro atoms. The van der Waals surface area contributed by atoms with E-state index in [1.807, 2.05) is 29.4 Å². The molecule has 0 bridgehead atoms. The van der Waals surface area contributed by atoms with Gasteiger partial charge in [0.05, 0.1) is 18.1 Å². The van der Waals surface area contributed by atoms with Crippen molar-refractivity contribution in [3.63, 3.8) is 0 Å². The average molecular weight is 442 g/mol. The van der Waals surface area contributed by atoms with Gasteiger partial charge in [0.1, 0.15) is 5.65 Å². The highest BCUT2D eigenvalue weighted by molar-refractivity contribution is 6.31. The van der Waals surface area contributed by atoms with Crippen LogP contribution in [0.4, 0.5) is 0 Å². The number of H-pyrrole nitrogens is 1. The fourth-order valence-corrected chi connectivity index (χ4v) is 4.55. The minimum atomic E-state index is 0.190. The number of methoxy groups -OCH3 is 1. The van der Waals surface area contributed by atoms with Crippen molar-refractivity contribution in [2.24, 2.45) is 5.92 Å². The van der Waals surface area contributed by atoms with E-state index in [1.54, 1.807) is 13.3 Å². The smallest absolute Gasteiger partial charge is 0.224 e. The third-order valence-electron chi connectivity index (χ3n) is 6.00. The number of hydrogen-bond donors (Lipinski definition) is 1. The molecule has 0 aliphatic carbocycles. The molecule has 0 aromatic carbocycles. The van der Waals surface area contributed by atoms with Crippen molar-refractivity contribution in [2.75, 3.05) is 26.8 Å². The standard InChI is InChI=1S/C23H28ClN5O2/c1-15(10-16-4-3-8-29(14-16)21(30)6-9-31-2)20-5-7-25-23(28-20)19-13-27-22-18(19)11-17(24)12-26-22/h5,7,11-13,15-16H,3-4,6,8-10,14H2,1-2H3,(H,26,27)/t15?,16-/m1/s1. The number of ether oxygens (including phenoxy) is 1. The molecule has 31 heavy (non-hydrogen) atoms. The van der Waals surface area contributed by atoms with Crippen LogP contribution < -0.4 is 0 Å². The van der Waals surface area contributed by atoms with E-state index in [-0.39, 0.29) is 11.8 Å². The van der Waals surface area contributed by atoms with Crippen molar-refractivity contribution in [1.82, 2.24) is 24.8 Å². The molecule has 1 aliphatic rings. The number of hydrogen-bond acceptors (Lipinski definition) is 5. The summed E-state index contributed by atoms with van der Waals surface area (Å²) in [6.07, 6.45) is 8.95. The lowest BCUT2D eigenvalue weighted by Crippen LogP contribution is -2.40. The van der Waals surface area contributed by atoms with Gasteiger partial charge in [0.25, 0.3) is 0 Å². The number of halogens is 1. The summed E-state index contributed by atoms with van der Waals surface area (Å²) < 4.78 is 5.05. The Balaban J connectivity index is 1.46. The quantitative estimate of drug-likeness (QED) is 0.585. The van der Waals surface area contributed by atoms with Gasteiger partial charge in [-0.15, -0.1) is 0 Å². The van der Waals surface area contributed by atoms with E-state index in [1.165, 1.54) is 0 Å². The molecule has 1 aliphatic heterocycles. The first-order valence-corrected chi connectivity index (χ1v) is 11.2. The zero-order chi connectivity index (χ0) is 21.8. The lowest BCUT2D eigenvalue weighted by atomic mass is 9.87. The van der Waals surface area contributed by atoms with E-state index >= 15 is 0 Å². The van der Waals surface area contributed by atoms with Crippen molar-refractivity contribution >= 4 is 28.5 Å². The maximum absolute atomic E-state index is 12.4. The second kappa shape index (κ2) is 9.75. The molecule has 164 valence electrons. The van der Waals surface area contributed by atoms with Crippen LogP contribution in [-0.4, -0.2) is 57.5 Å². The van der Waals surface area contributed by atoms with Crippen LogP contribution in [0.25, 0.3) is 22.4 Å². The second-order valence-electron chi connectivity index (χ2n) is 8.28. The van der Waals surface area contributed by atoms with Crippen molar-refractivity contribution in [2.45, 2.75) is 38.5 Å². The topological polar surface area (TPSA) is 84.0 Å². The molecule has 1 saturated heterocycles. The fourth-order valence-electron chi connectivity index (χ4n) is 4.39. The van der Waals surface area contributed by atoms with Crippen LogP contribution in [0.15, 0.2) is 30.7 Å². The van der Waals surface area contributed by atoms with Crippen molar-refractivity contribution < 1.29 is 9.53 Å². The number of nitrogens with one attached hydrogen (secondary N) is 1. The van der Waals surface area contributed by atoms with E-state index < -0.39 is 0 Å². The number of rotatable bonds is 7. The molecule has 0 saturated carbocycles. The Morgan fingerprint density at radius 1 is 1.42 bits per heavy atom. The number of pyridine rings is 1. The van der Waals surface area contributed by atoms with Gasteiger partial charge >= 0.3 is 0 Å². The third-order valence-corrected chi connectivity index (χ3v) is 6.21. The molecule has 2 atom stereocenters. The molecular weight excluding hydrogens is 414 g/mol. The SMILES string of the molecule is COCCC(=O)N1CCC[C@H](CC(C)c2ccnc(-c3c[nH]c4ncc(Cl)cc34)n2)C1. The molecule has 0 radical (unpaired) electrons. The summed E-state index contributed by atoms with van der Waals surface area (Å²) in [6.45, 7) is 4.35. The molecule has 4 rings (SSSR count). The van der Waals surface area contributed by atoms with Gasteiger partial charge in [-0.05, 0) is 43.2 Å². The first-order valence-electron chi connectivity index (χ1n) is 10.8. The number of piperidine rings is 1. The van der Waals surface area contributed by atoms with E-state index in [0.29, 0.717) is 29.8 Å². The zero-order valence-electron chi connectivity index (χ0n) is 18.0. The molecule has 4 heterocycles. The molecule has 3 aromatic rings. The Morgan fingerprint density at radius 2 is 2.29 bits per heavy atom. The van der Waals surface area contributed by atoms with Crippen molar-refractivity contribution in [3.05, 3.63) is 41.4 Å². The predicted molar refractivity (Wildman–Crippen MR) is 121 cm³/mol. The van der Waals surface area contributed by atoms with Crippen LogP contribution in [0, 0.1) is 5.92 Å².